The fraction of sp³-hybridized carbons (Fsp3) is 0.286. The number of allylic oxidation sites excluding steroid dienone is 2. The average molecular weight is 265 g/mol. The molecule has 0 amide bonds. The summed E-state index contributed by atoms with van der Waals surface area (Å²) in [5.74, 6) is 0. The molecule has 1 saturated heterocycles. The van der Waals surface area contributed by atoms with Crippen molar-refractivity contribution < 1.29 is 4.43 Å². The summed E-state index contributed by atoms with van der Waals surface area (Å²) in [6.07, 6.45) is 5.13. The maximum Gasteiger partial charge on any atom is 0.215 e. The van der Waals surface area contributed by atoms with E-state index in [1.54, 1.807) is 0 Å². The Morgan fingerprint density at radius 2 is 2.00 bits per heavy atom. The van der Waals surface area contributed by atoms with Gasteiger partial charge in [0.2, 0.25) is 8.32 Å². The maximum absolute atomic E-state index is 6.22. The summed E-state index contributed by atoms with van der Waals surface area (Å²) in [6, 6.07) is 7.94. The van der Waals surface area contributed by atoms with Gasteiger partial charge in [-0.2, -0.15) is 0 Å². The Bertz CT molecular complexity index is 448. The average Bonchev–Trinajstić information content (AvgIpc) is 2.56. The van der Waals surface area contributed by atoms with Crippen LogP contribution < -0.4 is 0 Å². The number of hydrogen-bond donors (Lipinski definition) is 0. The monoisotopic (exact) mass is 264 g/mol. The molecular formula is C14H17ClOSi. The van der Waals surface area contributed by atoms with E-state index >= 15 is 0 Å². The molecule has 0 bridgehead atoms. The van der Waals surface area contributed by atoms with E-state index in [1.165, 1.54) is 10.8 Å². The highest BCUT2D eigenvalue weighted by atomic mass is 35.5. The predicted molar refractivity (Wildman–Crippen MR) is 75.7 cm³/mol. The fourth-order valence-corrected chi connectivity index (χ4v) is 4.60. The van der Waals surface area contributed by atoms with Gasteiger partial charge in [0.25, 0.3) is 0 Å². The van der Waals surface area contributed by atoms with Crippen molar-refractivity contribution >= 4 is 19.9 Å². The highest BCUT2D eigenvalue weighted by Gasteiger charge is 2.39. The minimum atomic E-state index is -1.69. The predicted octanol–water partition coefficient (Wildman–Crippen LogP) is 4.66. The van der Waals surface area contributed by atoms with Crippen molar-refractivity contribution in [2.75, 3.05) is 0 Å². The van der Waals surface area contributed by atoms with Crippen molar-refractivity contribution in [2.45, 2.75) is 25.6 Å². The molecule has 1 atom stereocenters. The fourth-order valence-electron chi connectivity index (χ4n) is 2.19. The van der Waals surface area contributed by atoms with Gasteiger partial charge in [-0.25, -0.2) is 0 Å². The molecule has 17 heavy (non-hydrogen) atoms. The first kappa shape index (κ1) is 12.6. The zero-order valence-corrected chi connectivity index (χ0v) is 12.0. The summed E-state index contributed by atoms with van der Waals surface area (Å²) in [7, 11) is -1.69. The second kappa shape index (κ2) is 4.81. The van der Waals surface area contributed by atoms with Crippen LogP contribution in [0.15, 0.2) is 48.2 Å². The van der Waals surface area contributed by atoms with Crippen molar-refractivity contribution in [1.82, 2.24) is 0 Å². The molecule has 3 heteroatoms. The van der Waals surface area contributed by atoms with Gasteiger partial charge in [0.05, 0.1) is 6.10 Å². The summed E-state index contributed by atoms with van der Waals surface area (Å²) >= 11 is 5.90. The molecule has 0 N–H and O–H groups in total. The molecule has 0 saturated carbocycles. The van der Waals surface area contributed by atoms with Crippen LogP contribution in [0.25, 0.3) is 0 Å². The molecule has 0 aromatic heterocycles. The van der Waals surface area contributed by atoms with Gasteiger partial charge in [0, 0.05) is 5.02 Å². The highest BCUT2D eigenvalue weighted by Crippen LogP contribution is 2.40. The highest BCUT2D eigenvalue weighted by molar-refractivity contribution is 6.79. The molecule has 0 aliphatic carbocycles. The number of halogens is 1. The standard InChI is InChI=1S/C14H17ClOSi/c1-4-5-13-10-14(16-17(13,2)3)11-6-8-12(15)9-7-11/h4-9,14H,1,10H2,2-3H3/b13-5-. The molecule has 0 spiro atoms. The Labute approximate surface area is 109 Å². The van der Waals surface area contributed by atoms with Gasteiger partial charge in [-0.1, -0.05) is 47.7 Å². The molecule has 1 aromatic rings. The Balaban J connectivity index is 2.24. The topological polar surface area (TPSA) is 9.23 Å². The lowest BCUT2D eigenvalue weighted by atomic mass is 10.1. The first-order chi connectivity index (χ1) is 8.03. The Kier molecular flexibility index (Phi) is 3.57. The first-order valence-electron chi connectivity index (χ1n) is 5.78. The van der Waals surface area contributed by atoms with Crippen molar-refractivity contribution in [3.8, 4) is 0 Å². The molecule has 2 rings (SSSR count). The molecule has 1 unspecified atom stereocenters. The third-order valence-corrected chi connectivity index (χ3v) is 6.22. The largest absolute Gasteiger partial charge is 0.406 e. The lowest BCUT2D eigenvalue weighted by Crippen LogP contribution is -2.27. The second-order valence-electron chi connectivity index (χ2n) is 4.80. The van der Waals surface area contributed by atoms with Crippen LogP contribution in [0.1, 0.15) is 18.1 Å². The van der Waals surface area contributed by atoms with Gasteiger partial charge in [-0.05, 0) is 37.2 Å². The van der Waals surface area contributed by atoms with Gasteiger partial charge in [0.1, 0.15) is 0 Å². The maximum atomic E-state index is 6.22. The lowest BCUT2D eigenvalue weighted by molar-refractivity contribution is 0.230. The van der Waals surface area contributed by atoms with Crippen LogP contribution in [0, 0.1) is 0 Å². The van der Waals surface area contributed by atoms with Crippen LogP contribution in [0.2, 0.25) is 18.1 Å². The zero-order chi connectivity index (χ0) is 12.5. The smallest absolute Gasteiger partial charge is 0.215 e. The van der Waals surface area contributed by atoms with Crippen LogP contribution in [0.3, 0.4) is 0 Å². The van der Waals surface area contributed by atoms with Gasteiger partial charge in [0.15, 0.2) is 0 Å². The molecule has 1 aliphatic heterocycles. The van der Waals surface area contributed by atoms with Gasteiger partial charge in [-0.15, -0.1) is 0 Å². The van der Waals surface area contributed by atoms with E-state index < -0.39 is 8.32 Å². The number of hydrogen-bond acceptors (Lipinski definition) is 1. The van der Waals surface area contributed by atoms with E-state index in [2.05, 4.69) is 25.7 Å². The van der Waals surface area contributed by atoms with E-state index in [0.717, 1.165) is 11.4 Å². The van der Waals surface area contributed by atoms with E-state index in [9.17, 15) is 0 Å². The molecule has 90 valence electrons. The van der Waals surface area contributed by atoms with Gasteiger partial charge in [-0.3, -0.25) is 0 Å². The molecular weight excluding hydrogens is 248 g/mol. The first-order valence-corrected chi connectivity index (χ1v) is 9.07. The number of benzene rings is 1. The van der Waals surface area contributed by atoms with Crippen LogP contribution >= 0.6 is 11.6 Å². The normalized spacial score (nSPS) is 25.1. The second-order valence-corrected chi connectivity index (χ2v) is 9.14. The third-order valence-electron chi connectivity index (χ3n) is 3.18. The molecule has 1 fully saturated rings. The summed E-state index contributed by atoms with van der Waals surface area (Å²) in [5, 5.41) is 2.19. The van der Waals surface area contributed by atoms with E-state index in [4.69, 9.17) is 16.0 Å². The van der Waals surface area contributed by atoms with Crippen LogP contribution in [0.5, 0.6) is 0 Å². The summed E-state index contributed by atoms with van der Waals surface area (Å²) in [5.41, 5.74) is 1.21. The molecule has 1 aromatic carbocycles. The van der Waals surface area contributed by atoms with Crippen molar-refractivity contribution in [2.24, 2.45) is 0 Å². The van der Waals surface area contributed by atoms with Crippen molar-refractivity contribution in [1.29, 1.82) is 0 Å². The van der Waals surface area contributed by atoms with Gasteiger partial charge < -0.3 is 4.43 Å². The van der Waals surface area contributed by atoms with E-state index in [1.807, 2.05) is 30.3 Å². The van der Waals surface area contributed by atoms with E-state index in [0.29, 0.717) is 0 Å². The minimum absolute atomic E-state index is 0.181. The third kappa shape index (κ3) is 2.71. The van der Waals surface area contributed by atoms with Crippen molar-refractivity contribution in [3.05, 3.63) is 58.8 Å². The summed E-state index contributed by atoms with van der Waals surface area (Å²) < 4.78 is 6.22. The SMILES string of the molecule is C=C/C=C1/CC(c2ccc(Cl)cc2)O[Si]1(C)C. The van der Waals surface area contributed by atoms with Crippen LogP contribution in [-0.4, -0.2) is 8.32 Å². The zero-order valence-electron chi connectivity index (χ0n) is 10.2. The van der Waals surface area contributed by atoms with E-state index in [-0.39, 0.29) is 6.10 Å². The molecule has 1 heterocycles. The van der Waals surface area contributed by atoms with Crippen molar-refractivity contribution in [3.63, 3.8) is 0 Å². The Morgan fingerprint density at radius 3 is 2.59 bits per heavy atom. The minimum Gasteiger partial charge on any atom is -0.406 e. The number of rotatable bonds is 2. The summed E-state index contributed by atoms with van der Waals surface area (Å²) in [6.45, 7) is 8.24. The molecule has 1 nitrogen and oxygen atoms in total. The Hall–Kier alpha value is -0.833. The van der Waals surface area contributed by atoms with Gasteiger partial charge >= 0.3 is 0 Å². The van der Waals surface area contributed by atoms with Crippen LogP contribution in [0.4, 0.5) is 0 Å². The lowest BCUT2D eigenvalue weighted by Gasteiger charge is -2.18. The molecule has 1 aliphatic rings. The molecule has 0 radical (unpaired) electrons. The van der Waals surface area contributed by atoms with Crippen LogP contribution in [-0.2, 0) is 4.43 Å². The summed E-state index contributed by atoms with van der Waals surface area (Å²) in [4.78, 5) is 0. The Morgan fingerprint density at radius 1 is 1.35 bits per heavy atom. The quantitative estimate of drug-likeness (QED) is 0.706.